The van der Waals surface area contributed by atoms with Crippen molar-refractivity contribution in [3.05, 3.63) is 70.7 Å². The lowest BCUT2D eigenvalue weighted by molar-refractivity contribution is -0.124. The van der Waals surface area contributed by atoms with Crippen molar-refractivity contribution in [1.29, 1.82) is 0 Å². The summed E-state index contributed by atoms with van der Waals surface area (Å²) in [6.45, 7) is 1.90. The van der Waals surface area contributed by atoms with Crippen molar-refractivity contribution in [3.8, 4) is 0 Å². The number of carbonyl (C=O) groups excluding carboxylic acids is 1. The van der Waals surface area contributed by atoms with Crippen LogP contribution in [0.25, 0.3) is 0 Å². The summed E-state index contributed by atoms with van der Waals surface area (Å²) in [6.07, 6.45) is 0.230. The van der Waals surface area contributed by atoms with E-state index in [0.717, 1.165) is 11.1 Å². The average Bonchev–Trinajstić information content (AvgIpc) is 2.58. The zero-order valence-corrected chi connectivity index (χ0v) is 14.7. The number of benzene rings is 2. The molecule has 1 amide bonds. The smallest absolute Gasteiger partial charge is 0.237 e. The van der Waals surface area contributed by atoms with Gasteiger partial charge in [-0.2, -0.15) is 0 Å². The van der Waals surface area contributed by atoms with Crippen molar-refractivity contribution in [3.63, 3.8) is 0 Å². The highest BCUT2D eigenvalue weighted by molar-refractivity contribution is 6.30. The molecule has 0 saturated heterocycles. The van der Waals surface area contributed by atoms with Gasteiger partial charge in [-0.15, -0.1) is 0 Å². The molecule has 0 heterocycles. The molecule has 0 spiro atoms. The van der Waals surface area contributed by atoms with Crippen LogP contribution < -0.4 is 11.1 Å². The molecule has 3 N–H and O–H groups in total. The Kier molecular flexibility index (Phi) is 6.79. The Morgan fingerprint density at radius 2 is 1.79 bits per heavy atom. The molecule has 2 aromatic rings. The molecule has 0 fully saturated rings. The number of rotatable bonds is 7. The van der Waals surface area contributed by atoms with E-state index >= 15 is 0 Å². The fourth-order valence-electron chi connectivity index (χ4n) is 2.65. The molecule has 0 aromatic heterocycles. The van der Waals surface area contributed by atoms with Crippen LogP contribution in [0.3, 0.4) is 0 Å². The molecule has 3 atom stereocenters. The molecule has 0 aliphatic carbocycles. The second-order valence-corrected chi connectivity index (χ2v) is 6.24. The lowest BCUT2D eigenvalue weighted by Gasteiger charge is -2.25. The summed E-state index contributed by atoms with van der Waals surface area (Å²) in [6, 6.07) is 16.3. The minimum Gasteiger partial charge on any atom is -0.375 e. The van der Waals surface area contributed by atoms with Gasteiger partial charge in [0.05, 0.1) is 12.1 Å². The summed E-state index contributed by atoms with van der Waals surface area (Å²) in [4.78, 5) is 12.4. The van der Waals surface area contributed by atoms with Crippen molar-refractivity contribution < 1.29 is 9.53 Å². The van der Waals surface area contributed by atoms with Crippen LogP contribution in [-0.4, -0.2) is 25.1 Å². The first-order valence-corrected chi connectivity index (χ1v) is 8.27. The fourth-order valence-corrected chi connectivity index (χ4v) is 2.78. The maximum absolute atomic E-state index is 12.4. The summed E-state index contributed by atoms with van der Waals surface area (Å²) in [7, 11) is 1.62. The molecule has 2 aromatic carbocycles. The first-order valence-electron chi connectivity index (χ1n) is 7.89. The van der Waals surface area contributed by atoms with E-state index in [4.69, 9.17) is 22.1 Å². The molecule has 0 bridgehead atoms. The highest BCUT2D eigenvalue weighted by Crippen LogP contribution is 2.22. The van der Waals surface area contributed by atoms with E-state index in [2.05, 4.69) is 5.32 Å². The van der Waals surface area contributed by atoms with Crippen LogP contribution in [0.15, 0.2) is 54.6 Å². The third-order valence-corrected chi connectivity index (χ3v) is 4.16. The van der Waals surface area contributed by atoms with E-state index in [-0.39, 0.29) is 18.1 Å². The molecule has 0 radical (unpaired) electrons. The minimum absolute atomic E-state index is 0.192. The van der Waals surface area contributed by atoms with E-state index in [1.54, 1.807) is 19.2 Å². The number of hydrogen-bond acceptors (Lipinski definition) is 3. The van der Waals surface area contributed by atoms with Crippen molar-refractivity contribution in [1.82, 2.24) is 5.32 Å². The molecule has 0 saturated carbocycles. The van der Waals surface area contributed by atoms with Crippen LogP contribution in [0.2, 0.25) is 5.02 Å². The van der Waals surface area contributed by atoms with E-state index < -0.39 is 6.04 Å². The standard InChI is InChI=1S/C19H23ClN2O2/c1-13(18(24-2)15-8-10-16(20)11-9-15)22-19(23)17(21)12-14-6-4-3-5-7-14/h3-11,13,17-18H,12,21H2,1-2H3,(H,22,23). The monoisotopic (exact) mass is 346 g/mol. The zero-order chi connectivity index (χ0) is 17.5. The van der Waals surface area contributed by atoms with E-state index in [1.165, 1.54) is 0 Å². The average molecular weight is 347 g/mol. The first-order chi connectivity index (χ1) is 11.5. The molecule has 0 aliphatic heterocycles. The molecule has 5 heteroatoms. The summed E-state index contributed by atoms with van der Waals surface area (Å²) in [5.41, 5.74) is 8.01. The number of nitrogens with two attached hydrogens (primary N) is 1. The van der Waals surface area contributed by atoms with Crippen LogP contribution in [0.1, 0.15) is 24.2 Å². The van der Waals surface area contributed by atoms with E-state index in [0.29, 0.717) is 11.4 Å². The molecule has 2 rings (SSSR count). The fraction of sp³-hybridized carbons (Fsp3) is 0.316. The van der Waals surface area contributed by atoms with Crippen molar-refractivity contribution in [2.45, 2.75) is 31.5 Å². The Morgan fingerprint density at radius 1 is 1.17 bits per heavy atom. The van der Waals surface area contributed by atoms with Crippen LogP contribution in [0.5, 0.6) is 0 Å². The third kappa shape index (κ3) is 5.06. The summed E-state index contributed by atoms with van der Waals surface area (Å²) in [5, 5.41) is 3.60. The highest BCUT2D eigenvalue weighted by Gasteiger charge is 2.23. The van der Waals surface area contributed by atoms with Gasteiger partial charge in [-0.3, -0.25) is 4.79 Å². The van der Waals surface area contributed by atoms with E-state index in [1.807, 2.05) is 49.4 Å². The Bertz CT molecular complexity index is 646. The van der Waals surface area contributed by atoms with Crippen LogP contribution in [0, 0.1) is 0 Å². The maximum Gasteiger partial charge on any atom is 0.237 e. The number of hydrogen-bond donors (Lipinski definition) is 2. The van der Waals surface area contributed by atoms with Gasteiger partial charge in [-0.05, 0) is 36.6 Å². The molecule has 24 heavy (non-hydrogen) atoms. The topological polar surface area (TPSA) is 64.3 Å². The maximum atomic E-state index is 12.4. The lowest BCUT2D eigenvalue weighted by atomic mass is 10.0. The summed E-state index contributed by atoms with van der Waals surface area (Å²) in [5.74, 6) is -0.192. The minimum atomic E-state index is -0.599. The molecular weight excluding hydrogens is 324 g/mol. The quantitative estimate of drug-likeness (QED) is 0.809. The number of amides is 1. The number of nitrogens with one attached hydrogen (secondary N) is 1. The SMILES string of the molecule is COC(c1ccc(Cl)cc1)C(C)NC(=O)C(N)Cc1ccccc1. The van der Waals surface area contributed by atoms with Crippen LogP contribution >= 0.6 is 11.6 Å². The van der Waals surface area contributed by atoms with Gasteiger partial charge in [-0.25, -0.2) is 0 Å². The molecule has 0 aliphatic rings. The van der Waals surface area contributed by atoms with Crippen molar-refractivity contribution in [2.75, 3.05) is 7.11 Å². The second-order valence-electron chi connectivity index (χ2n) is 5.80. The van der Waals surface area contributed by atoms with Gasteiger partial charge in [0.1, 0.15) is 6.10 Å². The number of methoxy groups -OCH3 is 1. The van der Waals surface area contributed by atoms with E-state index in [9.17, 15) is 4.79 Å². The predicted molar refractivity (Wildman–Crippen MR) is 96.9 cm³/mol. The van der Waals surface area contributed by atoms with Crippen molar-refractivity contribution in [2.24, 2.45) is 5.73 Å². The van der Waals surface area contributed by atoms with Gasteiger partial charge in [0, 0.05) is 12.1 Å². The van der Waals surface area contributed by atoms with Gasteiger partial charge >= 0.3 is 0 Å². The normalized spacial score (nSPS) is 14.7. The van der Waals surface area contributed by atoms with Crippen molar-refractivity contribution >= 4 is 17.5 Å². The predicted octanol–water partition coefficient (Wildman–Crippen LogP) is 3.10. The van der Waals surface area contributed by atoms with Gasteiger partial charge in [0.25, 0.3) is 0 Å². The number of halogens is 1. The van der Waals surface area contributed by atoms with Crippen LogP contribution in [-0.2, 0) is 16.0 Å². The number of carbonyl (C=O) groups is 1. The Labute approximate surface area is 148 Å². The van der Waals surface area contributed by atoms with Crippen LogP contribution in [0.4, 0.5) is 0 Å². The molecule has 4 nitrogen and oxygen atoms in total. The Morgan fingerprint density at radius 3 is 2.38 bits per heavy atom. The third-order valence-electron chi connectivity index (χ3n) is 3.91. The largest absolute Gasteiger partial charge is 0.375 e. The Balaban J connectivity index is 1.97. The lowest BCUT2D eigenvalue weighted by Crippen LogP contribution is -2.47. The zero-order valence-electron chi connectivity index (χ0n) is 13.9. The Hall–Kier alpha value is -1.88. The highest BCUT2D eigenvalue weighted by atomic mass is 35.5. The number of ether oxygens (including phenoxy) is 1. The summed E-state index contributed by atoms with van der Waals surface area (Å²) < 4.78 is 5.54. The second kappa shape index (κ2) is 8.83. The van der Waals surface area contributed by atoms with Gasteiger partial charge in [-0.1, -0.05) is 54.1 Å². The molecular formula is C19H23ClN2O2. The van der Waals surface area contributed by atoms with Gasteiger partial charge in [0.15, 0.2) is 0 Å². The van der Waals surface area contributed by atoms with Gasteiger partial charge in [0.2, 0.25) is 5.91 Å². The van der Waals surface area contributed by atoms with Gasteiger partial charge < -0.3 is 15.8 Å². The first kappa shape index (κ1) is 18.5. The molecule has 128 valence electrons. The molecule has 3 unspecified atom stereocenters. The summed E-state index contributed by atoms with van der Waals surface area (Å²) >= 11 is 5.91.